The molecule has 1 atom stereocenters. The highest BCUT2D eigenvalue weighted by molar-refractivity contribution is 5.86. The number of nitrogens with zero attached hydrogens (tertiary/aromatic N) is 1. The largest absolute Gasteiger partial charge is 0.344 e. The molecule has 1 heterocycles. The monoisotopic (exact) mass is 246 g/mol. The summed E-state index contributed by atoms with van der Waals surface area (Å²) in [6.45, 7) is 3.75. The molecule has 1 aliphatic rings. The Labute approximate surface area is 109 Å². The number of hydrogen-bond acceptors (Lipinski definition) is 2. The first-order chi connectivity index (χ1) is 8.62. The normalized spacial score (nSPS) is 23.0. The van der Waals surface area contributed by atoms with Gasteiger partial charge >= 0.3 is 0 Å². The summed E-state index contributed by atoms with van der Waals surface area (Å²) in [5.41, 5.74) is 0.938. The van der Waals surface area contributed by atoms with Gasteiger partial charge in [-0.25, -0.2) is 0 Å². The van der Waals surface area contributed by atoms with Gasteiger partial charge in [-0.3, -0.25) is 4.79 Å². The van der Waals surface area contributed by atoms with Gasteiger partial charge in [0.2, 0.25) is 5.91 Å². The van der Waals surface area contributed by atoms with Gasteiger partial charge in [-0.2, -0.15) is 0 Å². The standard InChI is InChI=1S/C15H22N2O/c1-15(10-6-11-16-15)14(18)17(2)12-9-13-7-4-3-5-8-13/h3-5,7-8,16H,6,9-12H2,1-2H3. The van der Waals surface area contributed by atoms with Crippen LogP contribution >= 0.6 is 0 Å². The van der Waals surface area contributed by atoms with E-state index < -0.39 is 0 Å². The molecule has 1 fully saturated rings. The summed E-state index contributed by atoms with van der Waals surface area (Å²) in [6.07, 6.45) is 2.95. The molecular formula is C15H22N2O. The van der Waals surface area contributed by atoms with Crippen molar-refractivity contribution < 1.29 is 4.79 Å². The summed E-state index contributed by atoms with van der Waals surface area (Å²) in [4.78, 5) is 14.2. The average Bonchev–Trinajstić information content (AvgIpc) is 2.84. The zero-order valence-corrected chi connectivity index (χ0v) is 11.3. The highest BCUT2D eigenvalue weighted by Crippen LogP contribution is 2.20. The van der Waals surface area contributed by atoms with Crippen molar-refractivity contribution in [3.05, 3.63) is 35.9 Å². The molecule has 0 spiro atoms. The van der Waals surface area contributed by atoms with E-state index in [1.165, 1.54) is 5.56 Å². The summed E-state index contributed by atoms with van der Waals surface area (Å²) in [7, 11) is 1.90. The maximum absolute atomic E-state index is 12.4. The van der Waals surface area contributed by atoms with Crippen LogP contribution in [0.2, 0.25) is 0 Å². The third-order valence-electron chi connectivity index (χ3n) is 3.77. The highest BCUT2D eigenvalue weighted by Gasteiger charge is 2.37. The van der Waals surface area contributed by atoms with Gasteiger partial charge in [0, 0.05) is 13.6 Å². The molecular weight excluding hydrogens is 224 g/mol. The SMILES string of the molecule is CN(CCc1ccccc1)C(=O)C1(C)CCCN1. The average molecular weight is 246 g/mol. The van der Waals surface area contributed by atoms with E-state index in [2.05, 4.69) is 17.4 Å². The molecule has 1 saturated heterocycles. The third kappa shape index (κ3) is 2.91. The van der Waals surface area contributed by atoms with Crippen molar-refractivity contribution in [2.75, 3.05) is 20.1 Å². The summed E-state index contributed by atoms with van der Waals surface area (Å²) in [5, 5.41) is 3.32. The van der Waals surface area contributed by atoms with Crippen molar-refractivity contribution in [2.45, 2.75) is 31.7 Å². The zero-order chi connectivity index (χ0) is 13.0. The minimum absolute atomic E-state index is 0.218. The lowest BCUT2D eigenvalue weighted by Crippen LogP contribution is -2.52. The number of amides is 1. The molecule has 0 aliphatic carbocycles. The van der Waals surface area contributed by atoms with Crippen LogP contribution in [0.1, 0.15) is 25.3 Å². The Balaban J connectivity index is 1.88. The smallest absolute Gasteiger partial charge is 0.242 e. The second-order valence-corrected chi connectivity index (χ2v) is 5.32. The first-order valence-corrected chi connectivity index (χ1v) is 6.66. The van der Waals surface area contributed by atoms with Crippen LogP contribution in [0.4, 0.5) is 0 Å². The lowest BCUT2D eigenvalue weighted by Gasteiger charge is -2.29. The maximum atomic E-state index is 12.4. The molecule has 98 valence electrons. The van der Waals surface area contributed by atoms with Crippen LogP contribution < -0.4 is 5.32 Å². The second kappa shape index (κ2) is 5.53. The molecule has 0 radical (unpaired) electrons. The van der Waals surface area contributed by atoms with Crippen molar-refractivity contribution >= 4 is 5.91 Å². The van der Waals surface area contributed by atoms with E-state index in [0.717, 1.165) is 32.4 Å². The van der Waals surface area contributed by atoms with Gasteiger partial charge < -0.3 is 10.2 Å². The molecule has 0 bridgehead atoms. The Morgan fingerprint density at radius 2 is 2.11 bits per heavy atom. The van der Waals surface area contributed by atoms with Gasteiger partial charge in [-0.1, -0.05) is 30.3 Å². The van der Waals surface area contributed by atoms with Gasteiger partial charge in [0.05, 0.1) is 5.54 Å². The third-order valence-corrected chi connectivity index (χ3v) is 3.77. The van der Waals surface area contributed by atoms with Crippen molar-refractivity contribution in [1.29, 1.82) is 0 Å². The fraction of sp³-hybridized carbons (Fsp3) is 0.533. The number of likely N-dealkylation sites (N-methyl/N-ethyl adjacent to an activating group) is 1. The molecule has 3 nitrogen and oxygen atoms in total. The number of hydrogen-bond donors (Lipinski definition) is 1. The molecule has 1 aliphatic heterocycles. The van der Waals surface area contributed by atoms with Crippen molar-refractivity contribution in [1.82, 2.24) is 10.2 Å². The van der Waals surface area contributed by atoms with Gasteiger partial charge in [0.1, 0.15) is 0 Å². The van der Waals surface area contributed by atoms with E-state index in [0.29, 0.717) is 0 Å². The van der Waals surface area contributed by atoms with Crippen LogP contribution in [-0.2, 0) is 11.2 Å². The maximum Gasteiger partial charge on any atom is 0.242 e. The molecule has 1 aromatic rings. The number of carbonyl (C=O) groups is 1. The topological polar surface area (TPSA) is 32.3 Å². The van der Waals surface area contributed by atoms with Gasteiger partial charge in [0.25, 0.3) is 0 Å². The number of rotatable bonds is 4. The second-order valence-electron chi connectivity index (χ2n) is 5.32. The van der Waals surface area contributed by atoms with Crippen molar-refractivity contribution in [3.8, 4) is 0 Å². The number of benzene rings is 1. The van der Waals surface area contributed by atoms with Gasteiger partial charge in [-0.15, -0.1) is 0 Å². The number of nitrogens with one attached hydrogen (secondary N) is 1. The molecule has 3 heteroatoms. The molecule has 1 unspecified atom stereocenters. The van der Waals surface area contributed by atoms with E-state index in [1.807, 2.05) is 37.1 Å². The Morgan fingerprint density at radius 1 is 1.39 bits per heavy atom. The van der Waals surface area contributed by atoms with E-state index in [1.54, 1.807) is 0 Å². The Hall–Kier alpha value is -1.35. The molecule has 18 heavy (non-hydrogen) atoms. The fourth-order valence-electron chi connectivity index (χ4n) is 2.54. The van der Waals surface area contributed by atoms with Crippen LogP contribution in [-0.4, -0.2) is 36.5 Å². The van der Waals surface area contributed by atoms with E-state index in [9.17, 15) is 4.79 Å². The molecule has 1 amide bonds. The van der Waals surface area contributed by atoms with E-state index in [4.69, 9.17) is 0 Å². The van der Waals surface area contributed by atoms with Crippen LogP contribution in [0, 0.1) is 0 Å². The summed E-state index contributed by atoms with van der Waals surface area (Å²) < 4.78 is 0. The summed E-state index contributed by atoms with van der Waals surface area (Å²) in [5.74, 6) is 0.218. The van der Waals surface area contributed by atoms with Gasteiger partial charge in [0.15, 0.2) is 0 Å². The predicted molar refractivity (Wildman–Crippen MR) is 73.4 cm³/mol. The number of carbonyl (C=O) groups excluding carboxylic acids is 1. The summed E-state index contributed by atoms with van der Waals surface area (Å²) >= 11 is 0. The van der Waals surface area contributed by atoms with Crippen molar-refractivity contribution in [3.63, 3.8) is 0 Å². The van der Waals surface area contributed by atoms with Crippen LogP contribution in [0.3, 0.4) is 0 Å². The minimum Gasteiger partial charge on any atom is -0.344 e. The predicted octanol–water partition coefficient (Wildman–Crippen LogP) is 1.83. The Morgan fingerprint density at radius 3 is 2.72 bits per heavy atom. The van der Waals surface area contributed by atoms with Crippen LogP contribution in [0.5, 0.6) is 0 Å². The highest BCUT2D eigenvalue weighted by atomic mass is 16.2. The lowest BCUT2D eigenvalue weighted by atomic mass is 9.98. The lowest BCUT2D eigenvalue weighted by molar-refractivity contribution is -0.135. The van der Waals surface area contributed by atoms with Crippen LogP contribution in [0.25, 0.3) is 0 Å². The summed E-state index contributed by atoms with van der Waals surface area (Å²) in [6, 6.07) is 10.3. The zero-order valence-electron chi connectivity index (χ0n) is 11.3. The van der Waals surface area contributed by atoms with Crippen molar-refractivity contribution in [2.24, 2.45) is 0 Å². The first-order valence-electron chi connectivity index (χ1n) is 6.66. The fourth-order valence-corrected chi connectivity index (χ4v) is 2.54. The Bertz CT molecular complexity index is 396. The minimum atomic E-state index is -0.342. The Kier molecular flexibility index (Phi) is 4.02. The molecule has 0 aromatic heterocycles. The van der Waals surface area contributed by atoms with E-state index in [-0.39, 0.29) is 11.4 Å². The van der Waals surface area contributed by atoms with Crippen LogP contribution in [0.15, 0.2) is 30.3 Å². The first kappa shape index (κ1) is 13.1. The molecule has 2 rings (SSSR count). The van der Waals surface area contributed by atoms with E-state index >= 15 is 0 Å². The quantitative estimate of drug-likeness (QED) is 0.879. The molecule has 1 N–H and O–H groups in total. The van der Waals surface area contributed by atoms with Gasteiger partial charge in [-0.05, 0) is 38.3 Å². The molecule has 1 aromatic carbocycles. The molecule has 0 saturated carbocycles.